The summed E-state index contributed by atoms with van der Waals surface area (Å²) >= 11 is 7.57. The van der Waals surface area contributed by atoms with Crippen LogP contribution in [0.15, 0.2) is 52.6 Å². The number of thiophene rings is 1. The third kappa shape index (κ3) is 4.06. The molecule has 6 nitrogen and oxygen atoms in total. The minimum atomic E-state index is -0.456. The van der Waals surface area contributed by atoms with E-state index in [1.165, 1.54) is 0 Å². The lowest BCUT2D eigenvalue weighted by molar-refractivity contribution is -0.142. The van der Waals surface area contributed by atoms with Gasteiger partial charge >= 0.3 is 5.97 Å². The van der Waals surface area contributed by atoms with Crippen LogP contribution in [0.3, 0.4) is 0 Å². The van der Waals surface area contributed by atoms with Crippen LogP contribution in [0, 0.1) is 0 Å². The minimum Gasteiger partial charge on any atom is -0.466 e. The number of nitrogens with zero attached hydrogens (tertiary/aromatic N) is 2. The smallest absolute Gasteiger partial charge is 0.313 e. The summed E-state index contributed by atoms with van der Waals surface area (Å²) in [5.41, 5.74) is 2.16. The molecule has 0 spiro atoms. The van der Waals surface area contributed by atoms with Gasteiger partial charge in [0.15, 0.2) is 5.65 Å². The van der Waals surface area contributed by atoms with E-state index in [-0.39, 0.29) is 30.1 Å². The van der Waals surface area contributed by atoms with Gasteiger partial charge in [0, 0.05) is 10.6 Å². The highest BCUT2D eigenvalue weighted by Gasteiger charge is 2.16. The van der Waals surface area contributed by atoms with Crippen LogP contribution in [0.2, 0.25) is 5.02 Å². The van der Waals surface area contributed by atoms with Crippen molar-refractivity contribution < 1.29 is 9.53 Å². The lowest BCUT2D eigenvalue weighted by Gasteiger charge is -2.10. The number of fused-ring (bicyclic) bond motifs is 1. The van der Waals surface area contributed by atoms with E-state index >= 15 is 0 Å². The second-order valence-corrected chi connectivity index (χ2v) is 7.62. The number of benzene rings is 1. The Morgan fingerprint density at radius 2 is 2.00 bits per heavy atom. The lowest BCUT2D eigenvalue weighted by atomic mass is 10.0. The van der Waals surface area contributed by atoms with Gasteiger partial charge in [0.2, 0.25) is 0 Å². The zero-order valence-corrected chi connectivity index (χ0v) is 17.0. The van der Waals surface area contributed by atoms with Gasteiger partial charge in [-0.25, -0.2) is 9.97 Å². The van der Waals surface area contributed by atoms with Crippen LogP contribution in [0.25, 0.3) is 32.7 Å². The van der Waals surface area contributed by atoms with E-state index in [0.717, 1.165) is 10.4 Å². The van der Waals surface area contributed by atoms with Gasteiger partial charge in [0.1, 0.15) is 12.2 Å². The fourth-order valence-electron chi connectivity index (χ4n) is 3.03. The number of rotatable bonds is 5. The molecule has 1 N–H and O–H groups in total. The first-order valence-electron chi connectivity index (χ1n) is 8.94. The summed E-state index contributed by atoms with van der Waals surface area (Å²) in [4.78, 5) is 37.4. The number of hydrogen-bond acceptors (Lipinski definition) is 6. The molecule has 8 heteroatoms. The summed E-state index contributed by atoms with van der Waals surface area (Å²) in [5.74, 6) is -0.235. The molecule has 29 heavy (non-hydrogen) atoms. The van der Waals surface area contributed by atoms with E-state index in [1.54, 1.807) is 30.4 Å². The fourth-order valence-corrected chi connectivity index (χ4v) is 3.84. The minimum absolute atomic E-state index is 0.125. The highest BCUT2D eigenvalue weighted by atomic mass is 35.5. The fraction of sp³-hybridized carbons (Fsp3) is 0.143. The zero-order chi connectivity index (χ0) is 20.4. The van der Waals surface area contributed by atoms with Crippen LogP contribution < -0.4 is 5.56 Å². The number of esters is 1. The van der Waals surface area contributed by atoms with Gasteiger partial charge in [-0.1, -0.05) is 29.8 Å². The predicted molar refractivity (Wildman–Crippen MR) is 114 cm³/mol. The standard InChI is InChI=1S/C21H16ClN3O3S/c1-2-28-18(26)11-17-24-20-19(21(27)25-17)14(12-5-7-13(22)8-6-12)10-15(23-20)16-4-3-9-29-16/h3-10H,2,11H2,1H3,(H,23,24,25,27). The highest BCUT2D eigenvalue weighted by molar-refractivity contribution is 7.13. The third-order valence-electron chi connectivity index (χ3n) is 4.27. The van der Waals surface area contributed by atoms with Gasteiger partial charge in [-0.3, -0.25) is 9.59 Å². The first-order chi connectivity index (χ1) is 14.0. The van der Waals surface area contributed by atoms with Gasteiger partial charge in [0.05, 0.1) is 22.6 Å². The number of ether oxygens (including phenoxy) is 1. The molecule has 1 aromatic carbocycles. The molecule has 3 heterocycles. The first-order valence-corrected chi connectivity index (χ1v) is 10.2. The first kappa shape index (κ1) is 19.3. The van der Waals surface area contributed by atoms with Gasteiger partial charge < -0.3 is 9.72 Å². The maximum Gasteiger partial charge on any atom is 0.313 e. The maximum atomic E-state index is 12.9. The summed E-state index contributed by atoms with van der Waals surface area (Å²) in [5, 5.41) is 2.93. The van der Waals surface area contributed by atoms with E-state index in [0.29, 0.717) is 21.7 Å². The van der Waals surface area contributed by atoms with Crippen molar-refractivity contribution in [3.05, 3.63) is 69.0 Å². The van der Waals surface area contributed by atoms with Crippen molar-refractivity contribution >= 4 is 39.9 Å². The molecular weight excluding hydrogens is 410 g/mol. The zero-order valence-electron chi connectivity index (χ0n) is 15.4. The molecule has 4 rings (SSSR count). The summed E-state index contributed by atoms with van der Waals surface area (Å²) < 4.78 is 4.95. The third-order valence-corrected chi connectivity index (χ3v) is 5.42. The Hall–Kier alpha value is -3.03. The number of carbonyl (C=O) groups is 1. The molecule has 4 aromatic rings. The summed E-state index contributed by atoms with van der Waals surface area (Å²) in [7, 11) is 0. The lowest BCUT2D eigenvalue weighted by Crippen LogP contribution is -2.17. The molecule has 0 amide bonds. The van der Waals surface area contributed by atoms with E-state index in [4.69, 9.17) is 16.3 Å². The molecule has 0 bridgehead atoms. The Balaban J connectivity index is 1.94. The van der Waals surface area contributed by atoms with Crippen molar-refractivity contribution in [1.82, 2.24) is 15.0 Å². The van der Waals surface area contributed by atoms with Crippen molar-refractivity contribution in [2.24, 2.45) is 0 Å². The second kappa shape index (κ2) is 8.14. The summed E-state index contributed by atoms with van der Waals surface area (Å²) in [6, 6.07) is 13.0. The van der Waals surface area contributed by atoms with Crippen LogP contribution in [-0.4, -0.2) is 27.5 Å². The van der Waals surface area contributed by atoms with Gasteiger partial charge in [-0.05, 0) is 42.1 Å². The number of carbonyl (C=O) groups excluding carboxylic acids is 1. The van der Waals surface area contributed by atoms with Crippen LogP contribution in [-0.2, 0) is 16.0 Å². The predicted octanol–water partition coefficient (Wildman–Crippen LogP) is 4.47. The molecule has 0 aliphatic heterocycles. The molecule has 0 atom stereocenters. The molecular formula is C21H16ClN3O3S. The molecule has 0 radical (unpaired) electrons. The molecule has 0 fully saturated rings. The van der Waals surface area contributed by atoms with E-state index in [2.05, 4.69) is 15.0 Å². The average molecular weight is 426 g/mol. The van der Waals surface area contributed by atoms with Crippen molar-refractivity contribution in [2.45, 2.75) is 13.3 Å². The van der Waals surface area contributed by atoms with Crippen LogP contribution >= 0.6 is 22.9 Å². The Morgan fingerprint density at radius 1 is 1.21 bits per heavy atom. The van der Waals surface area contributed by atoms with Crippen molar-refractivity contribution in [3.63, 3.8) is 0 Å². The normalized spacial score (nSPS) is 11.0. The maximum absolute atomic E-state index is 12.9. The SMILES string of the molecule is CCOC(=O)Cc1nc2nc(-c3cccs3)cc(-c3ccc(Cl)cc3)c2c(=O)[nH]1. The molecule has 0 aliphatic carbocycles. The van der Waals surface area contributed by atoms with E-state index in [9.17, 15) is 9.59 Å². The molecule has 0 saturated heterocycles. The molecule has 146 valence electrons. The van der Waals surface area contributed by atoms with Crippen molar-refractivity contribution in [1.29, 1.82) is 0 Å². The van der Waals surface area contributed by atoms with Crippen molar-refractivity contribution in [2.75, 3.05) is 6.61 Å². The van der Waals surface area contributed by atoms with Crippen LogP contribution in [0.4, 0.5) is 0 Å². The van der Waals surface area contributed by atoms with Crippen LogP contribution in [0.1, 0.15) is 12.7 Å². The van der Waals surface area contributed by atoms with E-state index < -0.39 is 5.97 Å². The molecule has 3 aromatic heterocycles. The van der Waals surface area contributed by atoms with Crippen LogP contribution in [0.5, 0.6) is 0 Å². The van der Waals surface area contributed by atoms with Crippen molar-refractivity contribution in [3.8, 4) is 21.7 Å². The van der Waals surface area contributed by atoms with Gasteiger partial charge in [0.25, 0.3) is 5.56 Å². The largest absolute Gasteiger partial charge is 0.466 e. The number of aromatic amines is 1. The Morgan fingerprint density at radius 3 is 2.69 bits per heavy atom. The Kier molecular flexibility index (Phi) is 5.42. The summed E-state index contributed by atoms with van der Waals surface area (Å²) in [6.45, 7) is 1.99. The Bertz CT molecular complexity index is 1230. The number of H-pyrrole nitrogens is 1. The number of hydrogen-bond donors (Lipinski definition) is 1. The average Bonchev–Trinajstić information content (AvgIpc) is 3.22. The molecule has 0 saturated carbocycles. The monoisotopic (exact) mass is 425 g/mol. The number of pyridine rings is 1. The molecule has 0 unspecified atom stereocenters. The number of aromatic nitrogens is 3. The topological polar surface area (TPSA) is 84.9 Å². The molecule has 0 aliphatic rings. The quantitative estimate of drug-likeness (QED) is 0.477. The van der Waals surface area contributed by atoms with E-state index in [1.807, 2.05) is 35.7 Å². The summed E-state index contributed by atoms with van der Waals surface area (Å²) in [6.07, 6.45) is -0.125. The van der Waals surface area contributed by atoms with Gasteiger partial charge in [-0.2, -0.15) is 0 Å². The number of nitrogens with one attached hydrogen (secondary N) is 1. The van der Waals surface area contributed by atoms with Gasteiger partial charge in [-0.15, -0.1) is 11.3 Å². The Labute approximate surface area is 175 Å². The number of halogens is 1. The second-order valence-electron chi connectivity index (χ2n) is 6.23. The highest BCUT2D eigenvalue weighted by Crippen LogP contribution is 2.32.